The lowest BCUT2D eigenvalue weighted by Gasteiger charge is -2.16. The molecule has 0 fully saturated rings. The van der Waals surface area contributed by atoms with E-state index >= 15 is 0 Å². The van der Waals surface area contributed by atoms with Crippen LogP contribution in [0, 0.1) is 19.7 Å². The van der Waals surface area contributed by atoms with Crippen LogP contribution in [0.4, 0.5) is 4.39 Å². The Morgan fingerprint density at radius 1 is 1.42 bits per heavy atom. The van der Waals surface area contributed by atoms with E-state index < -0.39 is 0 Å². The summed E-state index contributed by atoms with van der Waals surface area (Å²) in [5.74, 6) is 5.42. The summed E-state index contributed by atoms with van der Waals surface area (Å²) in [4.78, 5) is 0. The second-order valence-corrected chi connectivity index (χ2v) is 4.84. The average molecular weight is 262 g/mol. The van der Waals surface area contributed by atoms with Gasteiger partial charge in [0.2, 0.25) is 0 Å². The van der Waals surface area contributed by atoms with E-state index in [1.54, 1.807) is 16.8 Å². The number of hydrazine groups is 1. The van der Waals surface area contributed by atoms with Crippen molar-refractivity contribution < 1.29 is 4.39 Å². The van der Waals surface area contributed by atoms with Crippen LogP contribution in [0.5, 0.6) is 0 Å². The minimum atomic E-state index is -0.223. The van der Waals surface area contributed by atoms with Crippen molar-refractivity contribution in [2.24, 2.45) is 12.9 Å². The van der Waals surface area contributed by atoms with Crippen molar-refractivity contribution in [2.45, 2.75) is 26.3 Å². The molecule has 0 amide bonds. The molecule has 3 N–H and O–H groups in total. The number of halogens is 1. The summed E-state index contributed by atoms with van der Waals surface area (Å²) in [7, 11) is 1.87. The van der Waals surface area contributed by atoms with Crippen molar-refractivity contribution in [3.63, 3.8) is 0 Å². The van der Waals surface area contributed by atoms with Gasteiger partial charge in [-0.2, -0.15) is 5.10 Å². The predicted octanol–water partition coefficient (Wildman–Crippen LogP) is 1.92. The summed E-state index contributed by atoms with van der Waals surface area (Å²) in [6.45, 7) is 3.91. The molecule has 2 rings (SSSR count). The van der Waals surface area contributed by atoms with Gasteiger partial charge in [0.15, 0.2) is 0 Å². The predicted molar refractivity (Wildman–Crippen MR) is 72.9 cm³/mol. The van der Waals surface area contributed by atoms with E-state index in [9.17, 15) is 4.39 Å². The number of nitrogens with one attached hydrogen (secondary N) is 1. The molecule has 1 unspecified atom stereocenters. The van der Waals surface area contributed by atoms with Gasteiger partial charge in [0, 0.05) is 18.8 Å². The Bertz CT molecular complexity index is 577. The van der Waals surface area contributed by atoms with Crippen LogP contribution in [0.25, 0.3) is 0 Å². The smallest absolute Gasteiger partial charge is 0.123 e. The number of rotatable bonds is 4. The molecule has 0 saturated carbocycles. The van der Waals surface area contributed by atoms with E-state index in [1.165, 1.54) is 6.07 Å². The SMILES string of the molecule is Cc1ccc(F)cc1CC(NN)c1cn(C)nc1C. The van der Waals surface area contributed by atoms with Crippen molar-refractivity contribution in [1.82, 2.24) is 15.2 Å². The minimum Gasteiger partial charge on any atom is -0.275 e. The molecule has 5 heteroatoms. The normalized spacial score (nSPS) is 12.7. The molecule has 1 atom stereocenters. The molecule has 2 aromatic rings. The first-order valence-corrected chi connectivity index (χ1v) is 6.22. The Balaban J connectivity index is 2.29. The zero-order valence-electron chi connectivity index (χ0n) is 11.4. The number of nitrogens with two attached hydrogens (primary N) is 1. The van der Waals surface area contributed by atoms with Crippen molar-refractivity contribution in [1.29, 1.82) is 0 Å². The number of benzene rings is 1. The summed E-state index contributed by atoms with van der Waals surface area (Å²) >= 11 is 0. The zero-order valence-corrected chi connectivity index (χ0v) is 11.4. The lowest BCUT2D eigenvalue weighted by atomic mass is 9.97. The highest BCUT2D eigenvalue weighted by molar-refractivity contribution is 5.30. The van der Waals surface area contributed by atoms with Crippen LogP contribution < -0.4 is 11.3 Å². The number of nitrogens with zero attached hydrogens (tertiary/aromatic N) is 2. The second kappa shape index (κ2) is 5.50. The van der Waals surface area contributed by atoms with Gasteiger partial charge in [-0.15, -0.1) is 0 Å². The van der Waals surface area contributed by atoms with Crippen molar-refractivity contribution in [3.05, 3.63) is 52.6 Å². The molecule has 0 aliphatic heterocycles. The number of aromatic nitrogens is 2. The molecule has 0 radical (unpaired) electrons. The standard InChI is InChI=1S/C14H19FN4/c1-9-4-5-12(15)6-11(9)7-14(17-16)13-8-19(3)18-10(13)2/h4-6,8,14,17H,7,16H2,1-3H3. The minimum absolute atomic E-state index is 0.0748. The second-order valence-electron chi connectivity index (χ2n) is 4.84. The summed E-state index contributed by atoms with van der Waals surface area (Å²) in [5, 5.41) is 4.31. The van der Waals surface area contributed by atoms with Gasteiger partial charge >= 0.3 is 0 Å². The van der Waals surface area contributed by atoms with Gasteiger partial charge in [0.05, 0.1) is 11.7 Å². The maximum absolute atomic E-state index is 13.3. The van der Waals surface area contributed by atoms with Crippen LogP contribution in [-0.4, -0.2) is 9.78 Å². The van der Waals surface area contributed by atoms with Gasteiger partial charge in [-0.1, -0.05) is 6.07 Å². The van der Waals surface area contributed by atoms with E-state index in [2.05, 4.69) is 10.5 Å². The molecule has 1 heterocycles. The van der Waals surface area contributed by atoms with Gasteiger partial charge < -0.3 is 0 Å². The Morgan fingerprint density at radius 3 is 2.74 bits per heavy atom. The van der Waals surface area contributed by atoms with Crippen molar-refractivity contribution in [2.75, 3.05) is 0 Å². The first kappa shape index (κ1) is 13.7. The molecule has 1 aromatic carbocycles. The van der Waals surface area contributed by atoms with Gasteiger partial charge in [0.25, 0.3) is 0 Å². The summed E-state index contributed by atoms with van der Waals surface area (Å²) in [6.07, 6.45) is 2.57. The third kappa shape index (κ3) is 3.00. The van der Waals surface area contributed by atoms with Crippen LogP contribution in [0.1, 0.15) is 28.4 Å². The van der Waals surface area contributed by atoms with E-state index in [0.717, 1.165) is 22.4 Å². The fourth-order valence-corrected chi connectivity index (χ4v) is 2.30. The first-order valence-electron chi connectivity index (χ1n) is 6.22. The number of hydrogen-bond donors (Lipinski definition) is 2. The molecule has 0 bridgehead atoms. The molecular weight excluding hydrogens is 243 g/mol. The Labute approximate surface area is 112 Å². The summed E-state index contributed by atoms with van der Waals surface area (Å²) in [5.41, 5.74) is 6.77. The monoisotopic (exact) mass is 262 g/mol. The molecule has 0 aliphatic rings. The Hall–Kier alpha value is -1.72. The van der Waals surface area contributed by atoms with E-state index in [0.29, 0.717) is 6.42 Å². The topological polar surface area (TPSA) is 55.9 Å². The van der Waals surface area contributed by atoms with Crippen LogP contribution in [0.15, 0.2) is 24.4 Å². The molecule has 1 aromatic heterocycles. The first-order chi connectivity index (χ1) is 9.01. The molecule has 0 aliphatic carbocycles. The fourth-order valence-electron chi connectivity index (χ4n) is 2.30. The highest BCUT2D eigenvalue weighted by atomic mass is 19.1. The van der Waals surface area contributed by atoms with Crippen molar-refractivity contribution >= 4 is 0 Å². The highest BCUT2D eigenvalue weighted by Crippen LogP contribution is 2.22. The lowest BCUT2D eigenvalue weighted by molar-refractivity contribution is 0.544. The Kier molecular flexibility index (Phi) is 3.97. The van der Waals surface area contributed by atoms with E-state index in [1.807, 2.05) is 27.1 Å². The largest absolute Gasteiger partial charge is 0.275 e. The molecular formula is C14H19FN4. The van der Waals surface area contributed by atoms with E-state index in [-0.39, 0.29) is 11.9 Å². The number of hydrogen-bond acceptors (Lipinski definition) is 3. The molecule has 0 spiro atoms. The third-order valence-corrected chi connectivity index (χ3v) is 3.36. The van der Waals surface area contributed by atoms with Crippen LogP contribution in [0.2, 0.25) is 0 Å². The lowest BCUT2D eigenvalue weighted by Crippen LogP contribution is -2.30. The van der Waals surface area contributed by atoms with Gasteiger partial charge in [-0.25, -0.2) is 4.39 Å². The fraction of sp³-hybridized carbons (Fsp3) is 0.357. The number of aryl methyl sites for hydroxylation is 3. The molecule has 4 nitrogen and oxygen atoms in total. The maximum atomic E-state index is 13.3. The van der Waals surface area contributed by atoms with Gasteiger partial charge in [0.1, 0.15) is 5.82 Å². The molecule has 102 valence electrons. The third-order valence-electron chi connectivity index (χ3n) is 3.36. The van der Waals surface area contributed by atoms with E-state index in [4.69, 9.17) is 5.84 Å². The highest BCUT2D eigenvalue weighted by Gasteiger charge is 2.17. The summed E-state index contributed by atoms with van der Waals surface area (Å²) < 4.78 is 15.1. The molecule has 0 saturated heterocycles. The van der Waals surface area contributed by atoms with Crippen molar-refractivity contribution in [3.8, 4) is 0 Å². The van der Waals surface area contributed by atoms with Crippen LogP contribution >= 0.6 is 0 Å². The van der Waals surface area contributed by atoms with Crippen LogP contribution in [0.3, 0.4) is 0 Å². The van der Waals surface area contributed by atoms with Gasteiger partial charge in [-0.05, 0) is 43.5 Å². The van der Waals surface area contributed by atoms with Crippen LogP contribution in [-0.2, 0) is 13.5 Å². The van der Waals surface area contributed by atoms with Gasteiger partial charge in [-0.3, -0.25) is 16.0 Å². The molecule has 19 heavy (non-hydrogen) atoms. The zero-order chi connectivity index (χ0) is 14.0. The summed E-state index contributed by atoms with van der Waals surface area (Å²) in [6, 6.07) is 4.74. The Morgan fingerprint density at radius 2 is 2.16 bits per heavy atom. The quantitative estimate of drug-likeness (QED) is 0.654. The maximum Gasteiger partial charge on any atom is 0.123 e. The average Bonchev–Trinajstić information content (AvgIpc) is 2.69.